The van der Waals surface area contributed by atoms with Crippen LogP contribution in [-0.4, -0.2) is 12.6 Å². The fourth-order valence-electron chi connectivity index (χ4n) is 2.36. The Bertz CT molecular complexity index is 507. The summed E-state index contributed by atoms with van der Waals surface area (Å²) in [6, 6.07) is 10.7. The summed E-state index contributed by atoms with van der Waals surface area (Å²) >= 11 is 6.07. The van der Waals surface area contributed by atoms with Crippen molar-refractivity contribution in [2.24, 2.45) is 5.92 Å². The monoisotopic (exact) mass is 291 g/mol. The van der Waals surface area contributed by atoms with Crippen LogP contribution in [0.4, 0.5) is 0 Å². The lowest BCUT2D eigenvalue weighted by atomic mass is 9.93. The minimum atomic E-state index is 0.501. The zero-order chi connectivity index (χ0) is 14.4. The van der Waals surface area contributed by atoms with Gasteiger partial charge in [0.1, 0.15) is 0 Å². The maximum absolute atomic E-state index is 6.07. The first kappa shape index (κ1) is 15.1. The van der Waals surface area contributed by atoms with Gasteiger partial charge in [-0.3, -0.25) is 0 Å². The molecular formula is C17H22ClNO. The number of rotatable bonds is 7. The maximum atomic E-state index is 6.07. The summed E-state index contributed by atoms with van der Waals surface area (Å²) in [6.07, 6.45) is 5.61. The summed E-state index contributed by atoms with van der Waals surface area (Å²) in [7, 11) is 0. The fraction of sp³-hybridized carbons (Fsp3) is 0.412. The number of hydrogen-bond acceptors (Lipinski definition) is 2. The second kappa shape index (κ2) is 7.51. The van der Waals surface area contributed by atoms with Crippen LogP contribution < -0.4 is 5.32 Å². The zero-order valence-electron chi connectivity index (χ0n) is 12.1. The summed E-state index contributed by atoms with van der Waals surface area (Å²) in [4.78, 5) is 0. The van der Waals surface area contributed by atoms with Crippen molar-refractivity contribution in [1.29, 1.82) is 0 Å². The van der Waals surface area contributed by atoms with Crippen LogP contribution in [0, 0.1) is 5.92 Å². The lowest BCUT2D eigenvalue weighted by Crippen LogP contribution is -2.31. The van der Waals surface area contributed by atoms with Crippen LogP contribution in [0.25, 0.3) is 0 Å². The van der Waals surface area contributed by atoms with E-state index in [1.165, 1.54) is 11.1 Å². The van der Waals surface area contributed by atoms with Crippen LogP contribution >= 0.6 is 11.6 Å². The Morgan fingerprint density at radius 3 is 2.60 bits per heavy atom. The van der Waals surface area contributed by atoms with Crippen LogP contribution in [0.3, 0.4) is 0 Å². The Labute approximate surface area is 126 Å². The van der Waals surface area contributed by atoms with Gasteiger partial charge in [0.15, 0.2) is 0 Å². The van der Waals surface area contributed by atoms with Crippen molar-refractivity contribution in [2.45, 2.75) is 32.7 Å². The predicted octanol–water partition coefficient (Wildman–Crippen LogP) is 4.33. The quantitative estimate of drug-likeness (QED) is 0.821. The third kappa shape index (κ3) is 5.03. The van der Waals surface area contributed by atoms with Crippen molar-refractivity contribution in [3.63, 3.8) is 0 Å². The molecule has 0 amide bonds. The SMILES string of the molecule is CC(C)NCC(Cc1ccoc1)Cc1cccc(Cl)c1. The summed E-state index contributed by atoms with van der Waals surface area (Å²) in [5, 5.41) is 4.34. The van der Waals surface area contributed by atoms with Gasteiger partial charge in [-0.1, -0.05) is 37.6 Å². The minimum Gasteiger partial charge on any atom is -0.472 e. The second-order valence-corrected chi connectivity index (χ2v) is 6.04. The molecule has 0 aliphatic rings. The van der Waals surface area contributed by atoms with Gasteiger partial charge in [-0.15, -0.1) is 0 Å². The predicted molar refractivity (Wildman–Crippen MR) is 84.2 cm³/mol. The molecule has 20 heavy (non-hydrogen) atoms. The van der Waals surface area contributed by atoms with Gasteiger partial charge in [0.05, 0.1) is 12.5 Å². The smallest absolute Gasteiger partial charge is 0.0934 e. The number of benzene rings is 1. The number of nitrogens with one attached hydrogen (secondary N) is 1. The van der Waals surface area contributed by atoms with E-state index >= 15 is 0 Å². The highest BCUT2D eigenvalue weighted by Crippen LogP contribution is 2.18. The summed E-state index contributed by atoms with van der Waals surface area (Å²) in [5.41, 5.74) is 2.54. The molecule has 1 unspecified atom stereocenters. The third-order valence-corrected chi connectivity index (χ3v) is 3.57. The Kier molecular flexibility index (Phi) is 5.69. The molecular weight excluding hydrogens is 270 g/mol. The largest absolute Gasteiger partial charge is 0.472 e. The van der Waals surface area contributed by atoms with Crippen LogP contribution in [-0.2, 0) is 12.8 Å². The third-order valence-electron chi connectivity index (χ3n) is 3.33. The van der Waals surface area contributed by atoms with E-state index in [-0.39, 0.29) is 0 Å². The average molecular weight is 292 g/mol. The molecule has 0 saturated heterocycles. The van der Waals surface area contributed by atoms with E-state index < -0.39 is 0 Å². The van der Waals surface area contributed by atoms with E-state index in [9.17, 15) is 0 Å². The van der Waals surface area contributed by atoms with E-state index in [1.807, 2.05) is 24.5 Å². The Morgan fingerprint density at radius 2 is 1.95 bits per heavy atom. The van der Waals surface area contributed by atoms with Crippen molar-refractivity contribution in [2.75, 3.05) is 6.54 Å². The Balaban J connectivity index is 2.01. The molecule has 1 atom stereocenters. The molecule has 0 aliphatic carbocycles. The average Bonchev–Trinajstić information content (AvgIpc) is 2.89. The number of furan rings is 1. The molecule has 1 heterocycles. The highest BCUT2D eigenvalue weighted by Gasteiger charge is 2.12. The molecule has 2 rings (SSSR count). The van der Waals surface area contributed by atoms with Gasteiger partial charge in [0.25, 0.3) is 0 Å². The molecule has 0 bridgehead atoms. The summed E-state index contributed by atoms with van der Waals surface area (Å²) < 4.78 is 5.17. The first-order valence-electron chi connectivity index (χ1n) is 7.12. The lowest BCUT2D eigenvalue weighted by molar-refractivity contribution is 0.442. The van der Waals surface area contributed by atoms with E-state index in [4.69, 9.17) is 16.0 Å². The van der Waals surface area contributed by atoms with Crippen molar-refractivity contribution in [3.05, 3.63) is 59.0 Å². The molecule has 1 aromatic heterocycles. The van der Waals surface area contributed by atoms with Crippen molar-refractivity contribution < 1.29 is 4.42 Å². The van der Waals surface area contributed by atoms with Gasteiger partial charge >= 0.3 is 0 Å². The van der Waals surface area contributed by atoms with Gasteiger partial charge in [0, 0.05) is 11.1 Å². The van der Waals surface area contributed by atoms with Crippen molar-refractivity contribution >= 4 is 11.6 Å². The topological polar surface area (TPSA) is 25.2 Å². The van der Waals surface area contributed by atoms with Crippen LogP contribution in [0.2, 0.25) is 5.02 Å². The first-order valence-corrected chi connectivity index (χ1v) is 7.50. The molecule has 0 saturated carbocycles. The number of halogens is 1. The molecule has 3 heteroatoms. The van der Waals surface area contributed by atoms with E-state index in [0.717, 1.165) is 24.4 Å². The summed E-state index contributed by atoms with van der Waals surface area (Å²) in [5.74, 6) is 0.536. The standard InChI is InChI=1S/C17H22ClNO/c1-13(2)19-11-16(9-15-6-7-20-12-15)8-14-4-3-5-17(18)10-14/h3-7,10,12-13,16,19H,8-9,11H2,1-2H3. The molecule has 0 aliphatic heterocycles. The van der Waals surface area contributed by atoms with Gasteiger partial charge in [-0.2, -0.15) is 0 Å². The molecule has 0 fully saturated rings. The Morgan fingerprint density at radius 1 is 1.15 bits per heavy atom. The second-order valence-electron chi connectivity index (χ2n) is 5.60. The molecule has 0 radical (unpaired) electrons. The normalized spacial score (nSPS) is 12.8. The van der Waals surface area contributed by atoms with Crippen molar-refractivity contribution in [1.82, 2.24) is 5.32 Å². The minimum absolute atomic E-state index is 0.501. The molecule has 108 valence electrons. The van der Waals surface area contributed by atoms with Crippen LogP contribution in [0.5, 0.6) is 0 Å². The molecule has 0 spiro atoms. The van der Waals surface area contributed by atoms with Gasteiger partial charge < -0.3 is 9.73 Å². The van der Waals surface area contributed by atoms with Gasteiger partial charge in [-0.25, -0.2) is 0 Å². The fourth-order valence-corrected chi connectivity index (χ4v) is 2.57. The maximum Gasteiger partial charge on any atom is 0.0934 e. The van der Waals surface area contributed by atoms with Gasteiger partial charge in [-0.05, 0) is 54.6 Å². The lowest BCUT2D eigenvalue weighted by Gasteiger charge is -2.19. The highest BCUT2D eigenvalue weighted by molar-refractivity contribution is 6.30. The van der Waals surface area contributed by atoms with E-state index in [1.54, 1.807) is 6.26 Å². The first-order chi connectivity index (χ1) is 9.63. The molecule has 1 N–H and O–H groups in total. The van der Waals surface area contributed by atoms with Gasteiger partial charge in [0.2, 0.25) is 0 Å². The molecule has 1 aromatic carbocycles. The highest BCUT2D eigenvalue weighted by atomic mass is 35.5. The molecule has 2 nitrogen and oxygen atoms in total. The van der Waals surface area contributed by atoms with Crippen LogP contribution in [0.1, 0.15) is 25.0 Å². The molecule has 2 aromatic rings. The van der Waals surface area contributed by atoms with Crippen LogP contribution in [0.15, 0.2) is 47.3 Å². The van der Waals surface area contributed by atoms with E-state index in [0.29, 0.717) is 12.0 Å². The zero-order valence-corrected chi connectivity index (χ0v) is 12.9. The Hall–Kier alpha value is -1.25. The van der Waals surface area contributed by atoms with E-state index in [2.05, 4.69) is 31.3 Å². The summed E-state index contributed by atoms with van der Waals surface area (Å²) in [6.45, 7) is 5.35. The number of hydrogen-bond donors (Lipinski definition) is 1. The van der Waals surface area contributed by atoms with Crippen molar-refractivity contribution in [3.8, 4) is 0 Å².